The number of urea groups is 1. The highest BCUT2D eigenvalue weighted by Crippen LogP contribution is 2.10. The minimum absolute atomic E-state index is 0.283. The molecule has 0 saturated carbocycles. The number of carbonyl (C=O) groups is 2. The van der Waals surface area contributed by atoms with Crippen LogP contribution in [0.2, 0.25) is 0 Å². The predicted molar refractivity (Wildman–Crippen MR) is 51.7 cm³/mol. The van der Waals surface area contributed by atoms with Gasteiger partial charge in [-0.2, -0.15) is 4.99 Å². The van der Waals surface area contributed by atoms with Crippen LogP contribution < -0.4 is 10.2 Å². The van der Waals surface area contributed by atoms with E-state index in [1.54, 1.807) is 7.05 Å². The van der Waals surface area contributed by atoms with Crippen LogP contribution in [0.1, 0.15) is 12.6 Å². The maximum atomic E-state index is 11.5. The number of amidine groups is 1. The van der Waals surface area contributed by atoms with Gasteiger partial charge >= 0.3 is 6.03 Å². The summed E-state index contributed by atoms with van der Waals surface area (Å²) in [4.78, 5) is 33.3. The standard InChI is InChI=1S/C8H9N5O2/c1-4(14)11-7-5-6(10-3-9-5)12-8(15)13(7)2/h3H,1-2H3,(H,9,10)(H,12,15)/p+1. The number of hydrogen-bond acceptors (Lipinski definition) is 3. The van der Waals surface area contributed by atoms with Gasteiger partial charge in [0, 0.05) is 6.92 Å². The van der Waals surface area contributed by atoms with Gasteiger partial charge in [0.1, 0.15) is 0 Å². The SMILES string of the molecule is CC(=O)N=C1c2[nH]cnc2NC(=O)[NH+]1C. The van der Waals surface area contributed by atoms with E-state index < -0.39 is 0 Å². The van der Waals surface area contributed by atoms with Gasteiger partial charge in [-0.3, -0.25) is 10.1 Å². The molecule has 1 unspecified atom stereocenters. The number of imidazole rings is 1. The number of aromatic amines is 1. The number of H-pyrrole nitrogens is 1. The molecule has 2 heterocycles. The van der Waals surface area contributed by atoms with E-state index in [2.05, 4.69) is 20.3 Å². The van der Waals surface area contributed by atoms with Gasteiger partial charge < -0.3 is 4.98 Å². The molecule has 7 heteroatoms. The largest absolute Gasteiger partial charge is 0.426 e. The van der Waals surface area contributed by atoms with Crippen LogP contribution in [-0.4, -0.2) is 34.8 Å². The summed E-state index contributed by atoms with van der Waals surface area (Å²) >= 11 is 0. The molecule has 1 aliphatic rings. The molecule has 15 heavy (non-hydrogen) atoms. The van der Waals surface area contributed by atoms with Crippen molar-refractivity contribution in [2.75, 3.05) is 12.4 Å². The van der Waals surface area contributed by atoms with Gasteiger partial charge in [0.05, 0.1) is 13.4 Å². The van der Waals surface area contributed by atoms with Crippen molar-refractivity contribution in [2.45, 2.75) is 6.92 Å². The summed E-state index contributed by atoms with van der Waals surface area (Å²) in [5, 5.41) is 2.58. The van der Waals surface area contributed by atoms with E-state index >= 15 is 0 Å². The van der Waals surface area contributed by atoms with Crippen LogP contribution in [0.5, 0.6) is 0 Å². The summed E-state index contributed by atoms with van der Waals surface area (Å²) in [6, 6.07) is -0.283. The van der Waals surface area contributed by atoms with Gasteiger partial charge in [0.25, 0.3) is 5.84 Å². The zero-order chi connectivity index (χ0) is 11.0. The highest BCUT2D eigenvalue weighted by molar-refractivity contribution is 6.09. The predicted octanol–water partition coefficient (Wildman–Crippen LogP) is -1.24. The van der Waals surface area contributed by atoms with Crippen molar-refractivity contribution in [3.63, 3.8) is 0 Å². The average molecular weight is 208 g/mol. The van der Waals surface area contributed by atoms with Gasteiger partial charge in [-0.05, 0) is 0 Å². The van der Waals surface area contributed by atoms with Crippen LogP contribution in [0.15, 0.2) is 11.3 Å². The summed E-state index contributed by atoms with van der Waals surface area (Å²) in [6.45, 7) is 1.34. The van der Waals surface area contributed by atoms with Crippen molar-refractivity contribution in [1.82, 2.24) is 9.97 Å². The van der Waals surface area contributed by atoms with E-state index in [0.29, 0.717) is 22.2 Å². The lowest BCUT2D eigenvalue weighted by molar-refractivity contribution is -0.684. The van der Waals surface area contributed by atoms with E-state index in [1.807, 2.05) is 0 Å². The monoisotopic (exact) mass is 208 g/mol. The molecule has 7 nitrogen and oxygen atoms in total. The Bertz CT molecular complexity index is 461. The Balaban J connectivity index is 2.54. The molecule has 1 aliphatic heterocycles. The maximum absolute atomic E-state index is 11.5. The third kappa shape index (κ3) is 1.52. The van der Waals surface area contributed by atoms with Crippen LogP contribution in [0.25, 0.3) is 0 Å². The van der Waals surface area contributed by atoms with Gasteiger partial charge in [-0.1, -0.05) is 0 Å². The Morgan fingerprint density at radius 2 is 2.33 bits per heavy atom. The summed E-state index contributed by atoms with van der Waals surface area (Å²) in [5.41, 5.74) is 0.572. The number of nitrogens with zero attached hydrogens (tertiary/aromatic N) is 2. The van der Waals surface area contributed by atoms with Gasteiger partial charge in [0.2, 0.25) is 5.91 Å². The van der Waals surface area contributed by atoms with Crippen LogP contribution in [0.4, 0.5) is 10.6 Å². The fraction of sp³-hybridized carbons (Fsp3) is 0.250. The summed E-state index contributed by atoms with van der Waals surface area (Å²) < 4.78 is 0. The van der Waals surface area contributed by atoms with Crippen molar-refractivity contribution in [2.24, 2.45) is 4.99 Å². The summed E-state index contributed by atoms with van der Waals surface area (Å²) in [6.07, 6.45) is 1.44. The first-order valence-corrected chi connectivity index (χ1v) is 4.38. The number of carbonyl (C=O) groups excluding carboxylic acids is 2. The minimum Gasteiger partial charge on any atom is -0.337 e. The molecule has 0 spiro atoms. The molecule has 3 N–H and O–H groups in total. The second-order valence-electron chi connectivity index (χ2n) is 3.18. The van der Waals surface area contributed by atoms with Gasteiger partial charge in [-0.25, -0.2) is 14.7 Å². The van der Waals surface area contributed by atoms with Gasteiger partial charge in [0.15, 0.2) is 11.5 Å². The van der Waals surface area contributed by atoms with E-state index in [0.717, 1.165) is 0 Å². The Kier molecular flexibility index (Phi) is 2.09. The highest BCUT2D eigenvalue weighted by Gasteiger charge is 2.34. The lowest BCUT2D eigenvalue weighted by atomic mass is 10.3. The number of anilines is 1. The van der Waals surface area contributed by atoms with E-state index in [9.17, 15) is 9.59 Å². The number of aliphatic imine (C=N–C) groups is 1. The van der Waals surface area contributed by atoms with Gasteiger partial charge in [-0.15, -0.1) is 0 Å². The second-order valence-corrected chi connectivity index (χ2v) is 3.18. The molecule has 78 valence electrons. The number of aromatic nitrogens is 2. The molecule has 0 aromatic carbocycles. The zero-order valence-corrected chi connectivity index (χ0v) is 8.29. The number of fused-ring (bicyclic) bond motifs is 1. The molecular weight excluding hydrogens is 198 g/mol. The zero-order valence-electron chi connectivity index (χ0n) is 8.29. The van der Waals surface area contributed by atoms with E-state index in [-0.39, 0.29) is 11.9 Å². The minimum atomic E-state index is -0.348. The molecule has 0 aliphatic carbocycles. The maximum Gasteiger partial charge on any atom is 0.426 e. The molecule has 1 atom stereocenters. The molecule has 1 aromatic rings. The Hall–Kier alpha value is -2.02. The molecule has 0 saturated heterocycles. The first-order chi connectivity index (χ1) is 7.09. The van der Waals surface area contributed by atoms with Crippen molar-refractivity contribution >= 4 is 23.6 Å². The fourth-order valence-electron chi connectivity index (χ4n) is 1.36. The lowest BCUT2D eigenvalue weighted by Crippen LogP contribution is -3.16. The topological polar surface area (TPSA) is 91.7 Å². The number of hydrogen-bond donors (Lipinski definition) is 3. The molecule has 1 aromatic heterocycles. The Labute approximate surface area is 85.2 Å². The third-order valence-corrected chi connectivity index (χ3v) is 2.07. The number of rotatable bonds is 0. The van der Waals surface area contributed by atoms with Crippen molar-refractivity contribution in [3.05, 3.63) is 12.0 Å². The van der Waals surface area contributed by atoms with E-state index in [1.165, 1.54) is 13.3 Å². The van der Waals surface area contributed by atoms with Crippen molar-refractivity contribution in [1.29, 1.82) is 0 Å². The molecule has 0 radical (unpaired) electrons. The first kappa shape index (κ1) is 9.53. The molecular formula is C8H10N5O2+. The van der Waals surface area contributed by atoms with Crippen LogP contribution >= 0.6 is 0 Å². The van der Waals surface area contributed by atoms with E-state index in [4.69, 9.17) is 0 Å². The second kappa shape index (κ2) is 3.28. The molecule has 2 rings (SSSR count). The average Bonchev–Trinajstić information content (AvgIpc) is 2.59. The lowest BCUT2D eigenvalue weighted by Gasteiger charge is -2.17. The highest BCUT2D eigenvalue weighted by atomic mass is 16.2. The number of quaternary nitrogens is 1. The van der Waals surface area contributed by atoms with Crippen LogP contribution in [-0.2, 0) is 4.79 Å². The Morgan fingerprint density at radius 1 is 1.60 bits per heavy atom. The smallest absolute Gasteiger partial charge is 0.337 e. The molecule has 0 fully saturated rings. The summed E-state index contributed by atoms with van der Waals surface area (Å²) in [5.74, 6) is 0.420. The Morgan fingerprint density at radius 3 is 3.00 bits per heavy atom. The summed E-state index contributed by atoms with van der Waals surface area (Å²) in [7, 11) is 1.61. The number of amides is 3. The first-order valence-electron chi connectivity index (χ1n) is 4.38. The van der Waals surface area contributed by atoms with Crippen LogP contribution in [0.3, 0.4) is 0 Å². The molecule has 0 bridgehead atoms. The fourth-order valence-corrected chi connectivity index (χ4v) is 1.36. The van der Waals surface area contributed by atoms with Crippen molar-refractivity contribution in [3.8, 4) is 0 Å². The number of nitrogens with one attached hydrogen (secondary N) is 3. The normalized spacial score (nSPS) is 22.4. The third-order valence-electron chi connectivity index (χ3n) is 2.07. The quantitative estimate of drug-likeness (QED) is 0.498. The molecule has 3 amide bonds. The van der Waals surface area contributed by atoms with Crippen molar-refractivity contribution < 1.29 is 14.5 Å². The van der Waals surface area contributed by atoms with Crippen LogP contribution in [0, 0.1) is 0 Å².